The summed E-state index contributed by atoms with van der Waals surface area (Å²) in [7, 11) is 1.80. The Balaban J connectivity index is 0.000000845. The van der Waals surface area contributed by atoms with Gasteiger partial charge in [-0.1, -0.05) is 0 Å². The van der Waals surface area contributed by atoms with Crippen LogP contribution in [0.2, 0.25) is 0 Å². The van der Waals surface area contributed by atoms with Crippen molar-refractivity contribution in [2.24, 2.45) is 7.05 Å². The van der Waals surface area contributed by atoms with Crippen molar-refractivity contribution >= 4 is 12.4 Å². The van der Waals surface area contributed by atoms with Gasteiger partial charge in [-0.3, -0.25) is 4.79 Å². The summed E-state index contributed by atoms with van der Waals surface area (Å²) in [4.78, 5) is 11.5. The summed E-state index contributed by atoms with van der Waals surface area (Å²) in [6.07, 6.45) is 2.69. The van der Waals surface area contributed by atoms with Crippen LogP contribution in [-0.2, 0) is 20.0 Å². The van der Waals surface area contributed by atoms with Crippen LogP contribution in [0.5, 0.6) is 0 Å². The molecule has 2 heterocycles. The van der Waals surface area contributed by atoms with Crippen LogP contribution in [-0.4, -0.2) is 11.1 Å². The monoisotopic (exact) mass is 200 g/mol. The average molecular weight is 201 g/mol. The number of hydrogen-bond donors (Lipinski definition) is 1. The standard InChI is InChI=1S/C9H12N2O.ClH/c1-11-5-3-7-6-10-4-2-8(7)9(11)12;/h3,5,10H,2,4,6H2,1H3;1H. The van der Waals surface area contributed by atoms with Gasteiger partial charge < -0.3 is 9.88 Å². The summed E-state index contributed by atoms with van der Waals surface area (Å²) in [6, 6.07) is 2.02. The minimum absolute atomic E-state index is 0. The van der Waals surface area contributed by atoms with Crippen LogP contribution >= 0.6 is 12.4 Å². The van der Waals surface area contributed by atoms with Gasteiger partial charge >= 0.3 is 0 Å². The fraction of sp³-hybridized carbons (Fsp3) is 0.444. The summed E-state index contributed by atoms with van der Waals surface area (Å²) in [5.41, 5.74) is 2.30. The lowest BCUT2D eigenvalue weighted by Crippen LogP contribution is -2.31. The predicted octanol–water partition coefficient (Wildman–Crippen LogP) is 0.453. The maximum absolute atomic E-state index is 11.5. The fourth-order valence-corrected chi connectivity index (χ4v) is 1.59. The maximum Gasteiger partial charge on any atom is 0.253 e. The minimum Gasteiger partial charge on any atom is -0.318 e. The lowest BCUT2D eigenvalue weighted by Gasteiger charge is -2.16. The van der Waals surface area contributed by atoms with Crippen molar-refractivity contribution in [1.29, 1.82) is 0 Å². The van der Waals surface area contributed by atoms with E-state index in [1.54, 1.807) is 11.6 Å². The van der Waals surface area contributed by atoms with Gasteiger partial charge in [-0.15, -0.1) is 12.4 Å². The fourth-order valence-electron chi connectivity index (χ4n) is 1.59. The van der Waals surface area contributed by atoms with Gasteiger partial charge in [-0.25, -0.2) is 0 Å². The molecule has 0 unspecified atom stereocenters. The molecule has 1 aromatic heterocycles. The molecule has 0 atom stereocenters. The number of rotatable bonds is 0. The summed E-state index contributed by atoms with van der Waals surface area (Å²) in [5, 5.41) is 3.24. The van der Waals surface area contributed by atoms with E-state index in [2.05, 4.69) is 5.32 Å². The number of nitrogens with one attached hydrogen (secondary N) is 1. The van der Waals surface area contributed by atoms with Crippen LogP contribution in [0.15, 0.2) is 17.1 Å². The highest BCUT2D eigenvalue weighted by Gasteiger charge is 2.11. The van der Waals surface area contributed by atoms with Crippen molar-refractivity contribution in [2.75, 3.05) is 6.54 Å². The van der Waals surface area contributed by atoms with E-state index < -0.39 is 0 Å². The lowest BCUT2D eigenvalue weighted by atomic mass is 10.0. The molecule has 72 valence electrons. The van der Waals surface area contributed by atoms with Gasteiger partial charge in [0.2, 0.25) is 0 Å². The lowest BCUT2D eigenvalue weighted by molar-refractivity contribution is 0.628. The van der Waals surface area contributed by atoms with Gasteiger partial charge in [0, 0.05) is 25.4 Å². The summed E-state index contributed by atoms with van der Waals surface area (Å²) < 4.78 is 1.64. The first-order chi connectivity index (χ1) is 5.79. The molecule has 0 aliphatic carbocycles. The Kier molecular flexibility index (Phi) is 3.12. The van der Waals surface area contributed by atoms with Crippen molar-refractivity contribution in [1.82, 2.24) is 9.88 Å². The Morgan fingerprint density at radius 2 is 2.31 bits per heavy atom. The number of pyridine rings is 1. The molecule has 3 nitrogen and oxygen atoms in total. The number of halogens is 1. The normalized spacial score (nSPS) is 14.5. The zero-order valence-corrected chi connectivity index (χ0v) is 8.36. The quantitative estimate of drug-likeness (QED) is 0.660. The van der Waals surface area contributed by atoms with Crippen molar-refractivity contribution < 1.29 is 0 Å². The molecule has 0 aromatic carbocycles. The first-order valence-corrected chi connectivity index (χ1v) is 4.17. The smallest absolute Gasteiger partial charge is 0.253 e. The van der Waals surface area contributed by atoms with Crippen LogP contribution in [0, 0.1) is 0 Å². The van der Waals surface area contributed by atoms with E-state index in [1.165, 1.54) is 0 Å². The summed E-state index contributed by atoms with van der Waals surface area (Å²) >= 11 is 0. The second-order valence-electron chi connectivity index (χ2n) is 3.16. The first-order valence-electron chi connectivity index (χ1n) is 4.17. The molecular weight excluding hydrogens is 188 g/mol. The zero-order valence-electron chi connectivity index (χ0n) is 7.54. The zero-order chi connectivity index (χ0) is 8.55. The molecule has 0 amide bonds. The summed E-state index contributed by atoms with van der Waals surface area (Å²) in [6.45, 7) is 1.76. The van der Waals surface area contributed by atoms with Crippen LogP contribution in [0.4, 0.5) is 0 Å². The van der Waals surface area contributed by atoms with E-state index in [9.17, 15) is 4.79 Å². The largest absolute Gasteiger partial charge is 0.318 e. The second-order valence-corrected chi connectivity index (χ2v) is 3.16. The molecule has 2 rings (SSSR count). The van der Waals surface area contributed by atoms with Gasteiger partial charge in [0.15, 0.2) is 0 Å². The van der Waals surface area contributed by atoms with E-state index in [-0.39, 0.29) is 18.0 Å². The molecule has 4 heteroatoms. The number of aryl methyl sites for hydroxylation is 1. The average Bonchev–Trinajstić information content (AvgIpc) is 2.12. The van der Waals surface area contributed by atoms with Crippen molar-refractivity contribution in [3.63, 3.8) is 0 Å². The van der Waals surface area contributed by atoms with Gasteiger partial charge in [-0.05, 0) is 24.6 Å². The number of nitrogens with zero attached hydrogens (tertiary/aromatic N) is 1. The van der Waals surface area contributed by atoms with E-state index in [1.807, 2.05) is 12.3 Å². The molecule has 0 radical (unpaired) electrons. The molecule has 1 aliphatic rings. The highest BCUT2D eigenvalue weighted by atomic mass is 35.5. The van der Waals surface area contributed by atoms with Gasteiger partial charge in [-0.2, -0.15) is 0 Å². The van der Waals surface area contributed by atoms with Gasteiger partial charge in [0.05, 0.1) is 0 Å². The molecule has 0 fully saturated rings. The van der Waals surface area contributed by atoms with E-state index in [0.29, 0.717) is 0 Å². The molecule has 0 saturated carbocycles. The van der Waals surface area contributed by atoms with Crippen molar-refractivity contribution in [3.05, 3.63) is 33.7 Å². The molecule has 1 aromatic rings. The van der Waals surface area contributed by atoms with Crippen LogP contribution in [0.3, 0.4) is 0 Å². The predicted molar refractivity (Wildman–Crippen MR) is 54.3 cm³/mol. The third-order valence-electron chi connectivity index (χ3n) is 2.33. The highest BCUT2D eigenvalue weighted by molar-refractivity contribution is 5.85. The Bertz CT molecular complexity index is 359. The number of aromatic nitrogens is 1. The molecule has 0 spiro atoms. The van der Waals surface area contributed by atoms with E-state index >= 15 is 0 Å². The second kappa shape index (κ2) is 3.94. The highest BCUT2D eigenvalue weighted by Crippen LogP contribution is 2.07. The van der Waals surface area contributed by atoms with Gasteiger partial charge in [0.25, 0.3) is 5.56 Å². The topological polar surface area (TPSA) is 34.0 Å². The molecule has 0 saturated heterocycles. The van der Waals surface area contributed by atoms with Crippen LogP contribution in [0.1, 0.15) is 11.1 Å². The third-order valence-corrected chi connectivity index (χ3v) is 2.33. The van der Waals surface area contributed by atoms with Crippen molar-refractivity contribution in [2.45, 2.75) is 13.0 Å². The minimum atomic E-state index is 0. The Labute approximate surface area is 83.2 Å². The van der Waals surface area contributed by atoms with E-state index in [4.69, 9.17) is 0 Å². The molecule has 1 N–H and O–H groups in total. The third kappa shape index (κ3) is 1.76. The maximum atomic E-state index is 11.5. The molecule has 13 heavy (non-hydrogen) atoms. The molecular formula is C9H13ClN2O. The Morgan fingerprint density at radius 3 is 3.08 bits per heavy atom. The SMILES string of the molecule is Cl.Cn1ccc2c(c1=O)CCNC2. The summed E-state index contributed by atoms with van der Waals surface area (Å²) in [5.74, 6) is 0. The molecule has 0 bridgehead atoms. The van der Waals surface area contributed by atoms with Crippen LogP contribution in [0.25, 0.3) is 0 Å². The van der Waals surface area contributed by atoms with E-state index in [0.717, 1.165) is 30.6 Å². The molecule has 1 aliphatic heterocycles. The van der Waals surface area contributed by atoms with Crippen molar-refractivity contribution in [3.8, 4) is 0 Å². The van der Waals surface area contributed by atoms with Crippen LogP contribution < -0.4 is 10.9 Å². The van der Waals surface area contributed by atoms with Gasteiger partial charge in [0.1, 0.15) is 0 Å². The first kappa shape index (κ1) is 10.3. The Hall–Kier alpha value is -0.800. The number of fused-ring (bicyclic) bond motifs is 1. The Morgan fingerprint density at radius 1 is 1.54 bits per heavy atom. The number of hydrogen-bond acceptors (Lipinski definition) is 2.